The Morgan fingerprint density at radius 3 is 2.63 bits per heavy atom. The molecule has 1 amide bonds. The van der Waals surface area contributed by atoms with Gasteiger partial charge < -0.3 is 14.8 Å². The third-order valence-corrected chi connectivity index (χ3v) is 4.94. The first-order valence-corrected chi connectivity index (χ1v) is 9.75. The zero-order valence-electron chi connectivity index (χ0n) is 16.9. The summed E-state index contributed by atoms with van der Waals surface area (Å²) in [5.74, 6) is 0.0997. The number of hydrogen-bond donors (Lipinski definition) is 2. The number of nitrogens with one attached hydrogen (secondary N) is 1. The molecule has 0 spiro atoms. The standard InChI is InChI=1S/C24H23N3O3/c1-16-10-11-19(17(2)13-16)23-20(15-27(26-23)18-7-4-3-5-8-18)24(29)25-14-21(28)22-9-6-12-30-22/h3-13,15,21,28H,14H2,1-2H3,(H,25,29). The second-order valence-corrected chi connectivity index (χ2v) is 7.23. The topological polar surface area (TPSA) is 80.3 Å². The average Bonchev–Trinajstić information content (AvgIpc) is 3.43. The van der Waals surface area contributed by atoms with Crippen molar-refractivity contribution < 1.29 is 14.3 Å². The normalized spacial score (nSPS) is 12.0. The molecule has 152 valence electrons. The maximum absolute atomic E-state index is 13.0. The molecule has 6 heteroatoms. The summed E-state index contributed by atoms with van der Waals surface area (Å²) in [4.78, 5) is 13.0. The smallest absolute Gasteiger partial charge is 0.255 e. The highest BCUT2D eigenvalue weighted by molar-refractivity contribution is 6.00. The maximum atomic E-state index is 13.0. The number of benzene rings is 2. The SMILES string of the molecule is Cc1ccc(-c2nn(-c3ccccc3)cc2C(=O)NCC(O)c2ccco2)c(C)c1. The number of carbonyl (C=O) groups excluding carboxylic acids is 1. The number of aryl methyl sites for hydroxylation is 2. The van der Waals surface area contributed by atoms with E-state index in [-0.39, 0.29) is 12.5 Å². The van der Waals surface area contributed by atoms with Crippen molar-refractivity contribution in [3.63, 3.8) is 0 Å². The first-order chi connectivity index (χ1) is 14.5. The summed E-state index contributed by atoms with van der Waals surface area (Å²) in [6.07, 6.45) is 2.29. The van der Waals surface area contributed by atoms with Gasteiger partial charge in [0.05, 0.1) is 24.1 Å². The molecule has 0 aliphatic heterocycles. The third kappa shape index (κ3) is 4.04. The van der Waals surface area contributed by atoms with E-state index in [0.717, 1.165) is 22.4 Å². The van der Waals surface area contributed by atoms with Gasteiger partial charge in [-0.15, -0.1) is 0 Å². The summed E-state index contributed by atoms with van der Waals surface area (Å²) in [6, 6.07) is 19.1. The molecule has 0 saturated heterocycles. The van der Waals surface area contributed by atoms with E-state index in [2.05, 4.69) is 11.4 Å². The van der Waals surface area contributed by atoms with Gasteiger partial charge in [0, 0.05) is 11.8 Å². The second-order valence-electron chi connectivity index (χ2n) is 7.23. The monoisotopic (exact) mass is 401 g/mol. The molecule has 2 aromatic carbocycles. The number of carbonyl (C=O) groups is 1. The van der Waals surface area contributed by atoms with Crippen molar-refractivity contribution in [2.75, 3.05) is 6.54 Å². The number of aliphatic hydroxyl groups is 1. The molecule has 0 aliphatic rings. The van der Waals surface area contributed by atoms with Gasteiger partial charge in [-0.2, -0.15) is 5.10 Å². The molecule has 30 heavy (non-hydrogen) atoms. The quantitative estimate of drug-likeness (QED) is 0.507. The number of rotatable bonds is 6. The van der Waals surface area contributed by atoms with E-state index in [1.807, 2.05) is 56.3 Å². The molecule has 0 aliphatic carbocycles. The van der Waals surface area contributed by atoms with Crippen LogP contribution in [0.25, 0.3) is 16.9 Å². The van der Waals surface area contributed by atoms with Gasteiger partial charge in [0.2, 0.25) is 0 Å². The zero-order valence-corrected chi connectivity index (χ0v) is 16.9. The fourth-order valence-electron chi connectivity index (χ4n) is 3.40. The van der Waals surface area contributed by atoms with Crippen molar-refractivity contribution in [1.82, 2.24) is 15.1 Å². The van der Waals surface area contributed by atoms with Crippen molar-refractivity contribution in [3.8, 4) is 16.9 Å². The molecule has 0 bridgehead atoms. The Balaban J connectivity index is 1.68. The minimum atomic E-state index is -0.919. The molecule has 1 atom stereocenters. The molecule has 2 N–H and O–H groups in total. The number of nitrogens with zero attached hydrogens (tertiary/aromatic N) is 2. The Labute approximate surface area is 174 Å². The maximum Gasteiger partial charge on any atom is 0.255 e. The summed E-state index contributed by atoms with van der Waals surface area (Å²) in [6.45, 7) is 4.07. The van der Waals surface area contributed by atoms with Crippen molar-refractivity contribution >= 4 is 5.91 Å². The van der Waals surface area contributed by atoms with Crippen LogP contribution in [0.4, 0.5) is 0 Å². The summed E-state index contributed by atoms with van der Waals surface area (Å²) in [5.41, 5.74) is 4.98. The molecule has 0 fully saturated rings. The number of amides is 1. The number of para-hydroxylation sites is 1. The van der Waals surface area contributed by atoms with Gasteiger partial charge >= 0.3 is 0 Å². The number of aliphatic hydroxyl groups excluding tert-OH is 1. The number of furan rings is 1. The van der Waals surface area contributed by atoms with Crippen LogP contribution in [0.3, 0.4) is 0 Å². The predicted molar refractivity (Wildman–Crippen MR) is 114 cm³/mol. The summed E-state index contributed by atoms with van der Waals surface area (Å²) < 4.78 is 6.90. The van der Waals surface area contributed by atoms with Gasteiger partial charge in [-0.25, -0.2) is 4.68 Å². The Bertz CT molecular complexity index is 1150. The Morgan fingerprint density at radius 1 is 1.13 bits per heavy atom. The van der Waals surface area contributed by atoms with E-state index >= 15 is 0 Å². The highest BCUT2D eigenvalue weighted by atomic mass is 16.4. The molecule has 0 radical (unpaired) electrons. The second kappa shape index (κ2) is 8.39. The minimum Gasteiger partial charge on any atom is -0.467 e. The molecular formula is C24H23N3O3. The lowest BCUT2D eigenvalue weighted by Crippen LogP contribution is -2.28. The van der Waals surface area contributed by atoms with Crippen LogP contribution in [0.5, 0.6) is 0 Å². The Morgan fingerprint density at radius 2 is 1.93 bits per heavy atom. The van der Waals surface area contributed by atoms with Gasteiger partial charge in [0.25, 0.3) is 5.91 Å². The van der Waals surface area contributed by atoms with E-state index < -0.39 is 6.10 Å². The lowest BCUT2D eigenvalue weighted by molar-refractivity contribution is 0.0901. The Hall–Kier alpha value is -3.64. The van der Waals surface area contributed by atoms with E-state index in [4.69, 9.17) is 9.52 Å². The van der Waals surface area contributed by atoms with Crippen molar-refractivity contribution in [2.24, 2.45) is 0 Å². The predicted octanol–water partition coefficient (Wildman–Crippen LogP) is 4.21. The third-order valence-electron chi connectivity index (χ3n) is 4.94. The first kappa shape index (κ1) is 19.7. The molecule has 0 saturated carbocycles. The fraction of sp³-hybridized carbons (Fsp3) is 0.167. The summed E-state index contributed by atoms with van der Waals surface area (Å²) in [5, 5.41) is 17.7. The summed E-state index contributed by atoms with van der Waals surface area (Å²) in [7, 11) is 0. The van der Waals surface area contributed by atoms with Crippen molar-refractivity contribution in [2.45, 2.75) is 20.0 Å². The largest absolute Gasteiger partial charge is 0.467 e. The van der Waals surface area contributed by atoms with Crippen LogP contribution in [-0.2, 0) is 0 Å². The first-order valence-electron chi connectivity index (χ1n) is 9.75. The van der Waals surface area contributed by atoms with Crippen LogP contribution in [-0.4, -0.2) is 27.3 Å². The summed E-state index contributed by atoms with van der Waals surface area (Å²) >= 11 is 0. The van der Waals surface area contributed by atoms with E-state index in [9.17, 15) is 9.90 Å². The molecule has 1 unspecified atom stereocenters. The molecule has 6 nitrogen and oxygen atoms in total. The van der Waals surface area contributed by atoms with Gasteiger partial charge in [-0.05, 0) is 43.7 Å². The van der Waals surface area contributed by atoms with Crippen LogP contribution >= 0.6 is 0 Å². The van der Waals surface area contributed by atoms with Crippen LogP contribution in [0.1, 0.15) is 33.3 Å². The van der Waals surface area contributed by atoms with Crippen LogP contribution in [0.2, 0.25) is 0 Å². The van der Waals surface area contributed by atoms with Gasteiger partial charge in [-0.3, -0.25) is 4.79 Å². The van der Waals surface area contributed by atoms with Gasteiger partial charge in [0.1, 0.15) is 17.6 Å². The highest BCUT2D eigenvalue weighted by Crippen LogP contribution is 2.27. The lowest BCUT2D eigenvalue weighted by atomic mass is 10.0. The fourth-order valence-corrected chi connectivity index (χ4v) is 3.40. The van der Waals surface area contributed by atoms with Crippen LogP contribution in [0, 0.1) is 13.8 Å². The zero-order chi connectivity index (χ0) is 21.1. The lowest BCUT2D eigenvalue weighted by Gasteiger charge is -2.10. The molecular weight excluding hydrogens is 378 g/mol. The van der Waals surface area contributed by atoms with Gasteiger partial charge in [0.15, 0.2) is 0 Å². The van der Waals surface area contributed by atoms with E-state index in [1.165, 1.54) is 6.26 Å². The Kier molecular flexibility index (Phi) is 5.50. The van der Waals surface area contributed by atoms with E-state index in [0.29, 0.717) is 17.0 Å². The van der Waals surface area contributed by atoms with Gasteiger partial charge in [-0.1, -0.05) is 42.0 Å². The van der Waals surface area contributed by atoms with Crippen LogP contribution < -0.4 is 5.32 Å². The van der Waals surface area contributed by atoms with Crippen molar-refractivity contribution in [1.29, 1.82) is 0 Å². The average molecular weight is 401 g/mol. The molecule has 4 rings (SSSR count). The van der Waals surface area contributed by atoms with E-state index in [1.54, 1.807) is 23.0 Å². The molecule has 4 aromatic rings. The minimum absolute atomic E-state index is 0.0369. The number of hydrogen-bond acceptors (Lipinski definition) is 4. The van der Waals surface area contributed by atoms with Crippen molar-refractivity contribution in [3.05, 3.63) is 95.6 Å². The highest BCUT2D eigenvalue weighted by Gasteiger charge is 2.21. The molecule has 2 aromatic heterocycles. The van der Waals surface area contributed by atoms with Crippen LogP contribution in [0.15, 0.2) is 77.5 Å². The molecule has 2 heterocycles. The number of aromatic nitrogens is 2.